The van der Waals surface area contributed by atoms with Crippen LogP contribution in [-0.2, 0) is 6.54 Å². The number of hydrogen-bond acceptors (Lipinski definition) is 4. The number of halogens is 3. The Balaban J connectivity index is 1.92. The molecular weight excluding hydrogens is 327 g/mol. The zero-order chi connectivity index (χ0) is 16.9. The molecule has 0 fully saturated rings. The first kappa shape index (κ1) is 17.7. The van der Waals surface area contributed by atoms with Crippen LogP contribution < -0.4 is 5.32 Å². The van der Waals surface area contributed by atoms with Crippen molar-refractivity contribution in [2.24, 2.45) is 0 Å². The summed E-state index contributed by atoms with van der Waals surface area (Å²) in [5.41, 5.74) is 1.79. The van der Waals surface area contributed by atoms with Gasteiger partial charge in [0.2, 0.25) is 0 Å². The van der Waals surface area contributed by atoms with Gasteiger partial charge in [0.15, 0.2) is 0 Å². The molecule has 2 rings (SSSR count). The van der Waals surface area contributed by atoms with Crippen molar-refractivity contribution in [1.82, 2.24) is 9.78 Å². The first-order valence-corrected chi connectivity index (χ1v) is 8.05. The third kappa shape index (κ3) is 5.80. The van der Waals surface area contributed by atoms with Gasteiger partial charge in [0.25, 0.3) is 0 Å². The molecule has 0 bridgehead atoms. The number of hydrogen-bond donors (Lipinski definition) is 2. The zero-order valence-electron chi connectivity index (χ0n) is 12.5. The number of anilines is 1. The van der Waals surface area contributed by atoms with Gasteiger partial charge in [-0.2, -0.15) is 18.3 Å². The Kier molecular flexibility index (Phi) is 5.95. The molecule has 1 unspecified atom stereocenters. The van der Waals surface area contributed by atoms with Gasteiger partial charge in [-0.25, -0.2) is 0 Å². The predicted molar refractivity (Wildman–Crippen MR) is 84.6 cm³/mol. The van der Waals surface area contributed by atoms with E-state index in [4.69, 9.17) is 5.11 Å². The molecule has 2 aromatic rings. The number of nitrogens with zero attached hydrogens (tertiary/aromatic N) is 2. The number of benzene rings is 1. The molecule has 2 N–H and O–H groups in total. The maximum Gasteiger partial charge on any atom is 0.398 e. The van der Waals surface area contributed by atoms with Crippen LogP contribution in [0.1, 0.15) is 18.5 Å². The highest BCUT2D eigenvalue weighted by molar-refractivity contribution is 7.99. The fourth-order valence-corrected chi connectivity index (χ4v) is 2.67. The average molecular weight is 345 g/mol. The van der Waals surface area contributed by atoms with Crippen molar-refractivity contribution in [3.63, 3.8) is 0 Å². The molecule has 0 aliphatic heterocycles. The maximum absolute atomic E-state index is 12.2. The van der Waals surface area contributed by atoms with Crippen LogP contribution in [0.4, 0.5) is 18.9 Å². The first-order valence-electron chi connectivity index (χ1n) is 7.07. The fourth-order valence-electron chi connectivity index (χ4n) is 2.01. The van der Waals surface area contributed by atoms with E-state index in [2.05, 4.69) is 10.4 Å². The Morgan fingerprint density at radius 2 is 2.00 bits per heavy atom. The van der Waals surface area contributed by atoms with Gasteiger partial charge < -0.3 is 10.4 Å². The number of aliphatic hydroxyl groups excluding tert-OH is 1. The molecule has 1 atom stereocenters. The van der Waals surface area contributed by atoms with Gasteiger partial charge in [0.05, 0.1) is 30.8 Å². The van der Waals surface area contributed by atoms with Crippen LogP contribution in [0.3, 0.4) is 0 Å². The maximum atomic E-state index is 12.2. The van der Waals surface area contributed by atoms with Crippen molar-refractivity contribution in [2.75, 3.05) is 17.7 Å². The third-order valence-corrected chi connectivity index (χ3v) is 4.21. The molecule has 0 saturated carbocycles. The lowest BCUT2D eigenvalue weighted by atomic mass is 10.1. The van der Waals surface area contributed by atoms with Gasteiger partial charge in [-0.3, -0.25) is 4.68 Å². The van der Waals surface area contributed by atoms with Crippen molar-refractivity contribution in [1.29, 1.82) is 0 Å². The Labute approximate surface area is 136 Å². The number of aliphatic hydroxyl groups is 1. The quantitative estimate of drug-likeness (QED) is 0.751. The molecule has 1 aromatic heterocycles. The second-order valence-corrected chi connectivity index (χ2v) is 6.10. The molecule has 8 heteroatoms. The average Bonchev–Trinajstić information content (AvgIpc) is 2.92. The highest BCUT2D eigenvalue weighted by Gasteiger charge is 2.27. The minimum Gasteiger partial charge on any atom is -0.394 e. The minimum atomic E-state index is -4.16. The van der Waals surface area contributed by atoms with Crippen LogP contribution in [-0.4, -0.2) is 33.4 Å². The molecule has 0 aliphatic carbocycles. The summed E-state index contributed by atoms with van der Waals surface area (Å²) < 4.78 is 38.2. The molecule has 0 spiro atoms. The van der Waals surface area contributed by atoms with E-state index >= 15 is 0 Å². The van der Waals surface area contributed by atoms with Gasteiger partial charge in [-0.1, -0.05) is 12.1 Å². The van der Waals surface area contributed by atoms with Crippen molar-refractivity contribution in [2.45, 2.75) is 30.6 Å². The summed E-state index contributed by atoms with van der Waals surface area (Å²) >= 11 is 0.778. The largest absolute Gasteiger partial charge is 0.398 e. The van der Waals surface area contributed by atoms with Crippen molar-refractivity contribution in [3.8, 4) is 0 Å². The van der Waals surface area contributed by atoms with E-state index in [1.165, 1.54) is 0 Å². The van der Waals surface area contributed by atoms with E-state index < -0.39 is 11.9 Å². The lowest BCUT2D eigenvalue weighted by molar-refractivity contribution is -0.105. The summed E-state index contributed by atoms with van der Waals surface area (Å²) in [4.78, 5) is 0.592. The summed E-state index contributed by atoms with van der Waals surface area (Å²) in [7, 11) is 0. The SMILES string of the molecule is CC(Nc1cnn(CCO)c1)c1ccc(SCC(F)(F)F)cc1. The second kappa shape index (κ2) is 7.74. The van der Waals surface area contributed by atoms with Crippen LogP contribution in [0.25, 0.3) is 0 Å². The van der Waals surface area contributed by atoms with Gasteiger partial charge >= 0.3 is 6.18 Å². The van der Waals surface area contributed by atoms with E-state index in [0.29, 0.717) is 11.4 Å². The van der Waals surface area contributed by atoms with Gasteiger partial charge in [0, 0.05) is 17.1 Å². The minimum absolute atomic E-state index is 0.0107. The molecule has 23 heavy (non-hydrogen) atoms. The van der Waals surface area contributed by atoms with Crippen molar-refractivity contribution >= 4 is 17.4 Å². The molecule has 4 nitrogen and oxygen atoms in total. The lowest BCUT2D eigenvalue weighted by Crippen LogP contribution is -2.10. The smallest absolute Gasteiger partial charge is 0.394 e. The molecule has 1 heterocycles. The van der Waals surface area contributed by atoms with E-state index in [0.717, 1.165) is 23.0 Å². The summed E-state index contributed by atoms with van der Waals surface area (Å²) in [6.07, 6.45) is -0.701. The van der Waals surface area contributed by atoms with Gasteiger partial charge in [0.1, 0.15) is 0 Å². The predicted octanol–water partition coefficient (Wildman–Crippen LogP) is 3.70. The molecule has 0 aliphatic rings. The Bertz CT molecular complexity index is 613. The summed E-state index contributed by atoms with van der Waals surface area (Å²) in [6, 6.07) is 7.00. The van der Waals surface area contributed by atoms with Crippen LogP contribution in [0.5, 0.6) is 0 Å². The zero-order valence-corrected chi connectivity index (χ0v) is 13.4. The normalized spacial score (nSPS) is 13.1. The van der Waals surface area contributed by atoms with E-state index in [1.807, 2.05) is 19.1 Å². The Morgan fingerprint density at radius 1 is 1.30 bits per heavy atom. The van der Waals surface area contributed by atoms with E-state index in [1.54, 1.807) is 29.2 Å². The van der Waals surface area contributed by atoms with Crippen LogP contribution in [0.2, 0.25) is 0 Å². The lowest BCUT2D eigenvalue weighted by Gasteiger charge is -2.14. The molecule has 1 aromatic carbocycles. The second-order valence-electron chi connectivity index (χ2n) is 5.05. The van der Waals surface area contributed by atoms with Crippen LogP contribution >= 0.6 is 11.8 Å². The monoisotopic (exact) mass is 345 g/mol. The first-order chi connectivity index (χ1) is 10.9. The highest BCUT2D eigenvalue weighted by atomic mass is 32.2. The molecule has 0 amide bonds. The number of alkyl halides is 3. The van der Waals surface area contributed by atoms with Crippen LogP contribution in [0.15, 0.2) is 41.6 Å². The Morgan fingerprint density at radius 3 is 2.61 bits per heavy atom. The van der Waals surface area contributed by atoms with E-state index in [9.17, 15) is 13.2 Å². The molecule has 0 radical (unpaired) electrons. The number of rotatable bonds is 7. The summed E-state index contributed by atoms with van der Waals surface area (Å²) in [6.45, 7) is 2.41. The summed E-state index contributed by atoms with van der Waals surface area (Å²) in [5, 5.41) is 16.2. The molecule has 0 saturated heterocycles. The standard InChI is InChI=1S/C15H18F3N3OS/c1-11(20-13-8-19-21(9-13)6-7-22)12-2-4-14(5-3-12)23-10-15(16,17)18/h2-5,8-9,11,20,22H,6-7,10H2,1H3. The molecular formula is C15H18F3N3OS. The highest BCUT2D eigenvalue weighted by Crippen LogP contribution is 2.28. The summed E-state index contributed by atoms with van der Waals surface area (Å²) in [5.74, 6) is -0.885. The van der Waals surface area contributed by atoms with Crippen molar-refractivity contribution in [3.05, 3.63) is 42.2 Å². The topological polar surface area (TPSA) is 50.1 Å². The van der Waals surface area contributed by atoms with E-state index in [-0.39, 0.29) is 12.6 Å². The number of nitrogens with one attached hydrogen (secondary N) is 1. The number of thioether (sulfide) groups is 1. The van der Waals surface area contributed by atoms with Crippen molar-refractivity contribution < 1.29 is 18.3 Å². The number of aromatic nitrogens is 2. The van der Waals surface area contributed by atoms with Gasteiger partial charge in [-0.15, -0.1) is 11.8 Å². The molecule has 126 valence electrons. The fraction of sp³-hybridized carbons (Fsp3) is 0.400. The third-order valence-electron chi connectivity index (χ3n) is 3.13. The van der Waals surface area contributed by atoms with Gasteiger partial charge in [-0.05, 0) is 24.6 Å². The van der Waals surface area contributed by atoms with Crippen LogP contribution in [0, 0.1) is 0 Å². The Hall–Kier alpha value is -1.67.